The van der Waals surface area contributed by atoms with E-state index in [1.54, 1.807) is 33.5 Å². The molecule has 6 nitrogen and oxygen atoms in total. The SMILES string of the molecule is CCOc1ccc(CNC(=O)/C=C/c2ccc(OC)cc2OC)cc1OC. The Kier molecular flexibility index (Phi) is 7.55. The quantitative estimate of drug-likeness (QED) is 0.684. The minimum atomic E-state index is -0.208. The van der Waals surface area contributed by atoms with Crippen LogP contribution in [0.5, 0.6) is 23.0 Å². The van der Waals surface area contributed by atoms with Gasteiger partial charge in [0.05, 0.1) is 27.9 Å². The van der Waals surface area contributed by atoms with Crippen molar-refractivity contribution in [3.8, 4) is 23.0 Å². The van der Waals surface area contributed by atoms with E-state index in [-0.39, 0.29) is 5.91 Å². The Bertz CT molecular complexity index is 801. The normalized spacial score (nSPS) is 10.5. The number of hydrogen-bond donors (Lipinski definition) is 1. The van der Waals surface area contributed by atoms with Gasteiger partial charge in [-0.25, -0.2) is 0 Å². The fraction of sp³-hybridized carbons (Fsp3) is 0.286. The van der Waals surface area contributed by atoms with Crippen molar-refractivity contribution in [2.45, 2.75) is 13.5 Å². The van der Waals surface area contributed by atoms with Crippen molar-refractivity contribution in [3.05, 3.63) is 53.6 Å². The molecule has 0 bridgehead atoms. The summed E-state index contributed by atoms with van der Waals surface area (Å²) in [6.45, 7) is 2.86. The molecule has 0 unspecified atom stereocenters. The molecule has 2 aromatic rings. The summed E-state index contributed by atoms with van der Waals surface area (Å²) in [4.78, 5) is 12.1. The Balaban J connectivity index is 1.99. The summed E-state index contributed by atoms with van der Waals surface area (Å²) in [5.74, 6) is 2.44. The van der Waals surface area contributed by atoms with Crippen molar-refractivity contribution in [1.29, 1.82) is 0 Å². The first-order valence-corrected chi connectivity index (χ1v) is 8.59. The standard InChI is InChI=1S/C21H25NO5/c1-5-27-18-10-6-15(12-20(18)26-4)14-22-21(23)11-8-16-7-9-17(24-2)13-19(16)25-3/h6-13H,5,14H2,1-4H3,(H,22,23)/b11-8+. The maximum atomic E-state index is 12.1. The van der Waals surface area contributed by atoms with E-state index in [9.17, 15) is 4.79 Å². The van der Waals surface area contributed by atoms with Crippen LogP contribution in [0.25, 0.3) is 6.08 Å². The Morgan fingerprint density at radius 3 is 2.41 bits per heavy atom. The summed E-state index contributed by atoms with van der Waals surface area (Å²) in [6, 6.07) is 11.0. The largest absolute Gasteiger partial charge is 0.497 e. The molecule has 0 aliphatic carbocycles. The van der Waals surface area contributed by atoms with E-state index in [1.807, 2.05) is 37.3 Å². The first-order valence-electron chi connectivity index (χ1n) is 8.59. The van der Waals surface area contributed by atoms with Crippen LogP contribution in [0.2, 0.25) is 0 Å². The van der Waals surface area contributed by atoms with Crippen molar-refractivity contribution in [2.75, 3.05) is 27.9 Å². The van der Waals surface area contributed by atoms with Crippen molar-refractivity contribution >= 4 is 12.0 Å². The molecule has 144 valence electrons. The predicted molar refractivity (Wildman–Crippen MR) is 105 cm³/mol. The van der Waals surface area contributed by atoms with Crippen LogP contribution in [-0.4, -0.2) is 33.8 Å². The molecule has 2 aromatic carbocycles. The van der Waals surface area contributed by atoms with Gasteiger partial charge < -0.3 is 24.3 Å². The van der Waals surface area contributed by atoms with E-state index in [2.05, 4.69) is 5.32 Å². The van der Waals surface area contributed by atoms with Crippen molar-refractivity contribution in [2.24, 2.45) is 0 Å². The third-order valence-electron chi connectivity index (χ3n) is 3.85. The zero-order valence-electron chi connectivity index (χ0n) is 16.1. The molecular weight excluding hydrogens is 346 g/mol. The number of benzene rings is 2. The van der Waals surface area contributed by atoms with Crippen LogP contribution in [0.3, 0.4) is 0 Å². The molecule has 0 saturated carbocycles. The van der Waals surface area contributed by atoms with Crippen LogP contribution in [0.4, 0.5) is 0 Å². The van der Waals surface area contributed by atoms with Gasteiger partial charge >= 0.3 is 0 Å². The zero-order chi connectivity index (χ0) is 19.6. The predicted octanol–water partition coefficient (Wildman–Crippen LogP) is 3.44. The van der Waals surface area contributed by atoms with Crippen molar-refractivity contribution in [3.63, 3.8) is 0 Å². The molecule has 0 aliphatic heterocycles. The lowest BCUT2D eigenvalue weighted by Gasteiger charge is -2.11. The highest BCUT2D eigenvalue weighted by molar-refractivity contribution is 5.92. The topological polar surface area (TPSA) is 66.0 Å². The number of methoxy groups -OCH3 is 3. The van der Waals surface area contributed by atoms with Crippen LogP contribution < -0.4 is 24.3 Å². The molecule has 0 radical (unpaired) electrons. The van der Waals surface area contributed by atoms with Crippen LogP contribution >= 0.6 is 0 Å². The molecule has 27 heavy (non-hydrogen) atoms. The molecule has 0 saturated heterocycles. The van der Waals surface area contributed by atoms with Crippen LogP contribution in [0.1, 0.15) is 18.1 Å². The highest BCUT2D eigenvalue weighted by Crippen LogP contribution is 2.28. The van der Waals surface area contributed by atoms with Crippen LogP contribution in [-0.2, 0) is 11.3 Å². The average Bonchev–Trinajstić information content (AvgIpc) is 2.71. The number of amides is 1. The molecule has 0 heterocycles. The van der Waals surface area contributed by atoms with Gasteiger partial charge in [0.25, 0.3) is 0 Å². The summed E-state index contributed by atoms with van der Waals surface area (Å²) >= 11 is 0. The van der Waals surface area contributed by atoms with Gasteiger partial charge in [0, 0.05) is 24.3 Å². The summed E-state index contributed by atoms with van der Waals surface area (Å²) in [6.07, 6.45) is 3.17. The second-order valence-electron chi connectivity index (χ2n) is 5.58. The molecular formula is C21H25NO5. The van der Waals surface area contributed by atoms with Gasteiger partial charge in [-0.3, -0.25) is 4.79 Å². The van der Waals surface area contributed by atoms with E-state index in [4.69, 9.17) is 18.9 Å². The van der Waals surface area contributed by atoms with Gasteiger partial charge in [0.1, 0.15) is 11.5 Å². The average molecular weight is 371 g/mol. The van der Waals surface area contributed by atoms with E-state index in [0.717, 1.165) is 11.1 Å². The summed E-state index contributed by atoms with van der Waals surface area (Å²) in [7, 11) is 4.75. The lowest BCUT2D eigenvalue weighted by molar-refractivity contribution is -0.116. The van der Waals surface area contributed by atoms with Gasteiger partial charge in [-0.05, 0) is 42.8 Å². The number of nitrogens with one attached hydrogen (secondary N) is 1. The van der Waals surface area contributed by atoms with Gasteiger partial charge in [0.15, 0.2) is 11.5 Å². The molecule has 1 N–H and O–H groups in total. The minimum absolute atomic E-state index is 0.208. The highest BCUT2D eigenvalue weighted by Gasteiger charge is 2.06. The number of hydrogen-bond acceptors (Lipinski definition) is 5. The van der Waals surface area contributed by atoms with Crippen LogP contribution in [0, 0.1) is 0 Å². The van der Waals surface area contributed by atoms with Crippen molar-refractivity contribution < 1.29 is 23.7 Å². The molecule has 1 amide bonds. The van der Waals surface area contributed by atoms with Gasteiger partial charge in [-0.15, -0.1) is 0 Å². The Hall–Kier alpha value is -3.15. The Morgan fingerprint density at radius 1 is 0.963 bits per heavy atom. The Labute approximate surface area is 159 Å². The minimum Gasteiger partial charge on any atom is -0.497 e. The van der Waals surface area contributed by atoms with Crippen LogP contribution in [0.15, 0.2) is 42.5 Å². The molecule has 0 atom stereocenters. The fourth-order valence-corrected chi connectivity index (χ4v) is 2.47. The van der Waals surface area contributed by atoms with Crippen molar-refractivity contribution in [1.82, 2.24) is 5.32 Å². The zero-order valence-corrected chi connectivity index (χ0v) is 16.1. The summed E-state index contributed by atoms with van der Waals surface area (Å²) in [5.41, 5.74) is 1.70. The molecule has 0 fully saturated rings. The summed E-state index contributed by atoms with van der Waals surface area (Å²) in [5, 5.41) is 2.84. The third-order valence-corrected chi connectivity index (χ3v) is 3.85. The number of carbonyl (C=O) groups is 1. The first-order chi connectivity index (χ1) is 13.1. The number of ether oxygens (including phenoxy) is 4. The lowest BCUT2D eigenvalue weighted by Crippen LogP contribution is -2.20. The first kappa shape index (κ1) is 20.2. The monoisotopic (exact) mass is 371 g/mol. The fourth-order valence-electron chi connectivity index (χ4n) is 2.47. The van der Waals surface area contributed by atoms with Gasteiger partial charge in [-0.2, -0.15) is 0 Å². The number of carbonyl (C=O) groups excluding carboxylic acids is 1. The smallest absolute Gasteiger partial charge is 0.244 e. The summed E-state index contributed by atoms with van der Waals surface area (Å²) < 4.78 is 21.3. The second kappa shape index (κ2) is 10.1. The van der Waals surface area contributed by atoms with E-state index in [1.165, 1.54) is 6.08 Å². The lowest BCUT2D eigenvalue weighted by atomic mass is 10.1. The van der Waals surface area contributed by atoms with E-state index >= 15 is 0 Å². The molecule has 2 rings (SSSR count). The van der Waals surface area contributed by atoms with E-state index in [0.29, 0.717) is 36.1 Å². The third kappa shape index (κ3) is 5.67. The molecule has 0 aromatic heterocycles. The van der Waals surface area contributed by atoms with E-state index < -0.39 is 0 Å². The molecule has 6 heteroatoms. The maximum Gasteiger partial charge on any atom is 0.244 e. The second-order valence-corrected chi connectivity index (χ2v) is 5.58. The highest BCUT2D eigenvalue weighted by atomic mass is 16.5. The van der Waals surface area contributed by atoms with Gasteiger partial charge in [0.2, 0.25) is 5.91 Å². The molecule has 0 spiro atoms. The molecule has 0 aliphatic rings. The maximum absolute atomic E-state index is 12.1. The number of rotatable bonds is 9. The van der Waals surface area contributed by atoms with Gasteiger partial charge in [-0.1, -0.05) is 6.07 Å². The Morgan fingerprint density at radius 2 is 1.74 bits per heavy atom.